The average Bonchev–Trinajstić information content (AvgIpc) is 2.41. The summed E-state index contributed by atoms with van der Waals surface area (Å²) in [5.41, 5.74) is 5.60. The lowest BCUT2D eigenvalue weighted by atomic mass is 9.95. The molecule has 0 spiro atoms. The van der Waals surface area contributed by atoms with E-state index in [4.69, 9.17) is 5.73 Å². The highest BCUT2D eigenvalue weighted by Crippen LogP contribution is 2.14. The first-order valence-corrected chi connectivity index (χ1v) is 8.45. The van der Waals surface area contributed by atoms with Gasteiger partial charge < -0.3 is 16.0 Å². The zero-order chi connectivity index (χ0) is 16.0. The zero-order valence-electron chi connectivity index (χ0n) is 15.3. The normalized spacial score (nSPS) is 13.1. The highest BCUT2D eigenvalue weighted by molar-refractivity contribution is 4.88. The molecule has 3 N–H and O–H groups in total. The Balaban J connectivity index is 0. The number of nitrogens with one attached hydrogen (secondary N) is 1. The molecule has 0 aliphatic carbocycles. The summed E-state index contributed by atoms with van der Waals surface area (Å²) < 4.78 is 0. The summed E-state index contributed by atoms with van der Waals surface area (Å²) in [7, 11) is 4.20. The zero-order valence-corrected chi connectivity index (χ0v) is 15.3. The molecule has 20 heavy (non-hydrogen) atoms. The molecule has 0 fully saturated rings. The van der Waals surface area contributed by atoms with Crippen molar-refractivity contribution in [3.05, 3.63) is 0 Å². The second-order valence-corrected chi connectivity index (χ2v) is 6.43. The van der Waals surface area contributed by atoms with Crippen molar-refractivity contribution in [3.8, 4) is 0 Å². The third-order valence-corrected chi connectivity index (χ3v) is 4.26. The highest BCUT2D eigenvalue weighted by atomic mass is 15.2. The number of rotatable bonds is 10. The van der Waals surface area contributed by atoms with Crippen LogP contribution in [-0.4, -0.2) is 43.7 Å². The molecule has 0 rings (SSSR count). The van der Waals surface area contributed by atoms with Crippen LogP contribution in [0.25, 0.3) is 0 Å². The molecule has 0 aliphatic heterocycles. The summed E-state index contributed by atoms with van der Waals surface area (Å²) in [6.07, 6.45) is 8.49. The Hall–Kier alpha value is -0.120. The molecule has 124 valence electrons. The van der Waals surface area contributed by atoms with E-state index in [1.165, 1.54) is 38.5 Å². The topological polar surface area (TPSA) is 41.3 Å². The van der Waals surface area contributed by atoms with E-state index in [1.807, 2.05) is 0 Å². The summed E-state index contributed by atoms with van der Waals surface area (Å²) in [5.74, 6) is 0. The molecule has 0 bridgehead atoms. The standard InChI is InChI=1S/C9H23N3.C8H18/c1-8(11-7-6-10)9(2,3)12(4)5;1-3-5-7-8-6-4-2/h8,11H,6-7,10H2,1-5H3;3-8H2,1-2H3. The molecular formula is C17H41N3. The van der Waals surface area contributed by atoms with Crippen molar-refractivity contribution in [2.75, 3.05) is 27.2 Å². The van der Waals surface area contributed by atoms with Crippen LogP contribution in [0, 0.1) is 0 Å². The first-order valence-electron chi connectivity index (χ1n) is 8.45. The molecule has 1 atom stereocenters. The van der Waals surface area contributed by atoms with Gasteiger partial charge in [0.15, 0.2) is 0 Å². The summed E-state index contributed by atoms with van der Waals surface area (Å²) in [4.78, 5) is 2.22. The predicted molar refractivity (Wildman–Crippen MR) is 93.3 cm³/mol. The van der Waals surface area contributed by atoms with Crippen molar-refractivity contribution in [1.29, 1.82) is 0 Å². The van der Waals surface area contributed by atoms with Crippen molar-refractivity contribution < 1.29 is 0 Å². The maximum atomic E-state index is 5.42. The van der Waals surface area contributed by atoms with E-state index in [-0.39, 0.29) is 5.54 Å². The summed E-state index contributed by atoms with van der Waals surface area (Å²) >= 11 is 0. The van der Waals surface area contributed by atoms with Crippen LogP contribution in [0.15, 0.2) is 0 Å². The lowest BCUT2D eigenvalue weighted by Gasteiger charge is -2.38. The lowest BCUT2D eigenvalue weighted by Crippen LogP contribution is -2.54. The second-order valence-electron chi connectivity index (χ2n) is 6.43. The Morgan fingerprint density at radius 3 is 1.75 bits per heavy atom. The van der Waals surface area contributed by atoms with E-state index in [9.17, 15) is 0 Å². The fourth-order valence-corrected chi connectivity index (χ4v) is 1.79. The van der Waals surface area contributed by atoms with Gasteiger partial charge in [-0.2, -0.15) is 0 Å². The van der Waals surface area contributed by atoms with Crippen LogP contribution in [0.3, 0.4) is 0 Å². The van der Waals surface area contributed by atoms with Gasteiger partial charge in [0.25, 0.3) is 0 Å². The van der Waals surface area contributed by atoms with Crippen molar-refractivity contribution in [2.45, 2.75) is 84.7 Å². The molecule has 0 aromatic carbocycles. The van der Waals surface area contributed by atoms with E-state index in [1.54, 1.807) is 0 Å². The number of hydrogen-bond acceptors (Lipinski definition) is 3. The largest absolute Gasteiger partial charge is 0.329 e. The minimum absolute atomic E-state index is 0.176. The van der Waals surface area contributed by atoms with Gasteiger partial charge in [0.1, 0.15) is 0 Å². The van der Waals surface area contributed by atoms with Gasteiger partial charge in [-0.15, -0.1) is 0 Å². The Morgan fingerprint density at radius 2 is 1.45 bits per heavy atom. The molecule has 0 amide bonds. The molecule has 3 heteroatoms. The number of unbranched alkanes of at least 4 members (excludes halogenated alkanes) is 5. The quantitative estimate of drug-likeness (QED) is 0.603. The molecular weight excluding hydrogens is 246 g/mol. The van der Waals surface area contributed by atoms with Gasteiger partial charge in [0.2, 0.25) is 0 Å². The number of nitrogens with two attached hydrogens (primary N) is 1. The fraction of sp³-hybridized carbons (Fsp3) is 1.00. The Bertz CT molecular complexity index is 185. The van der Waals surface area contributed by atoms with Gasteiger partial charge in [0.05, 0.1) is 0 Å². The Kier molecular flexibility index (Phi) is 15.3. The second kappa shape index (κ2) is 13.8. The average molecular weight is 288 g/mol. The third-order valence-electron chi connectivity index (χ3n) is 4.26. The summed E-state index contributed by atoms with van der Waals surface area (Å²) in [6.45, 7) is 12.7. The molecule has 0 aromatic heterocycles. The van der Waals surface area contributed by atoms with E-state index in [0.717, 1.165) is 6.54 Å². The van der Waals surface area contributed by atoms with Gasteiger partial charge >= 0.3 is 0 Å². The van der Waals surface area contributed by atoms with Gasteiger partial charge in [-0.1, -0.05) is 52.4 Å². The van der Waals surface area contributed by atoms with Crippen molar-refractivity contribution in [2.24, 2.45) is 5.73 Å². The molecule has 0 saturated carbocycles. The number of hydrogen-bond donors (Lipinski definition) is 2. The van der Waals surface area contributed by atoms with E-state index in [0.29, 0.717) is 12.6 Å². The van der Waals surface area contributed by atoms with Crippen molar-refractivity contribution in [3.63, 3.8) is 0 Å². The molecule has 0 saturated heterocycles. The number of likely N-dealkylation sites (N-methyl/N-ethyl adjacent to an activating group) is 1. The molecule has 3 nitrogen and oxygen atoms in total. The Labute approximate surface area is 128 Å². The lowest BCUT2D eigenvalue weighted by molar-refractivity contribution is 0.147. The summed E-state index contributed by atoms with van der Waals surface area (Å²) in [5, 5.41) is 3.39. The number of nitrogens with zero attached hydrogens (tertiary/aromatic N) is 1. The van der Waals surface area contributed by atoms with E-state index >= 15 is 0 Å². The van der Waals surface area contributed by atoms with Crippen molar-refractivity contribution in [1.82, 2.24) is 10.2 Å². The van der Waals surface area contributed by atoms with Crippen LogP contribution >= 0.6 is 0 Å². The van der Waals surface area contributed by atoms with Gasteiger partial charge in [-0.25, -0.2) is 0 Å². The van der Waals surface area contributed by atoms with Crippen LogP contribution in [0.1, 0.15) is 73.1 Å². The van der Waals surface area contributed by atoms with E-state index in [2.05, 4.69) is 58.9 Å². The maximum Gasteiger partial charge on any atom is 0.0297 e. The smallest absolute Gasteiger partial charge is 0.0297 e. The molecule has 0 heterocycles. The van der Waals surface area contributed by atoms with Crippen LogP contribution in [-0.2, 0) is 0 Å². The highest BCUT2D eigenvalue weighted by Gasteiger charge is 2.27. The van der Waals surface area contributed by atoms with E-state index < -0.39 is 0 Å². The fourth-order valence-electron chi connectivity index (χ4n) is 1.79. The minimum Gasteiger partial charge on any atom is -0.329 e. The predicted octanol–water partition coefficient (Wildman–Crippen LogP) is 3.63. The van der Waals surface area contributed by atoms with Crippen LogP contribution in [0.5, 0.6) is 0 Å². The first-order chi connectivity index (χ1) is 9.34. The maximum absolute atomic E-state index is 5.42. The first kappa shape index (κ1) is 22.2. The Morgan fingerprint density at radius 1 is 1.00 bits per heavy atom. The van der Waals surface area contributed by atoms with Gasteiger partial charge in [0, 0.05) is 24.7 Å². The summed E-state index contributed by atoms with van der Waals surface area (Å²) in [6, 6.07) is 0.455. The molecule has 0 aliphatic rings. The monoisotopic (exact) mass is 287 g/mol. The van der Waals surface area contributed by atoms with Crippen LogP contribution < -0.4 is 11.1 Å². The van der Waals surface area contributed by atoms with Crippen LogP contribution in [0.2, 0.25) is 0 Å². The van der Waals surface area contributed by atoms with Crippen molar-refractivity contribution >= 4 is 0 Å². The SMILES string of the molecule is CC(NCCN)C(C)(C)N(C)C.CCCCCCCC. The van der Waals surface area contributed by atoms with Gasteiger partial charge in [-0.3, -0.25) is 0 Å². The van der Waals surface area contributed by atoms with Gasteiger partial charge in [-0.05, 0) is 34.9 Å². The molecule has 0 radical (unpaired) electrons. The molecule has 0 aromatic rings. The minimum atomic E-state index is 0.176. The molecule has 1 unspecified atom stereocenters. The van der Waals surface area contributed by atoms with Crippen LogP contribution in [0.4, 0.5) is 0 Å². The third kappa shape index (κ3) is 11.7.